The van der Waals surface area contributed by atoms with Gasteiger partial charge in [0.15, 0.2) is 11.6 Å². The zero-order chi connectivity index (χ0) is 15.9. The Labute approximate surface area is 125 Å². The summed E-state index contributed by atoms with van der Waals surface area (Å²) in [6, 6.07) is 9.10. The molecule has 0 heterocycles. The highest BCUT2D eigenvalue weighted by molar-refractivity contribution is 5.87. The third kappa shape index (κ3) is 2.45. The Bertz CT molecular complexity index is 845. The van der Waals surface area contributed by atoms with Crippen LogP contribution >= 0.6 is 0 Å². The van der Waals surface area contributed by atoms with E-state index >= 15 is 0 Å². The topological polar surface area (TPSA) is 0 Å². The zero-order valence-electron chi connectivity index (χ0n) is 11.8. The van der Waals surface area contributed by atoms with Gasteiger partial charge in [0.25, 0.3) is 0 Å². The first kappa shape index (κ1) is 14.6. The molecule has 0 nitrogen and oxygen atoms in total. The Balaban J connectivity index is 2.20. The van der Waals surface area contributed by atoms with Gasteiger partial charge in [-0.3, -0.25) is 0 Å². The maximum Gasteiger partial charge on any atom is 0.159 e. The van der Waals surface area contributed by atoms with E-state index in [9.17, 15) is 17.6 Å². The fourth-order valence-electron chi connectivity index (χ4n) is 2.50. The van der Waals surface area contributed by atoms with Gasteiger partial charge in [0.05, 0.1) is 5.56 Å². The minimum Gasteiger partial charge on any atom is -0.206 e. The van der Waals surface area contributed by atoms with E-state index in [0.717, 1.165) is 12.1 Å². The molecule has 22 heavy (non-hydrogen) atoms. The van der Waals surface area contributed by atoms with Crippen LogP contribution in [0.2, 0.25) is 0 Å². The molecule has 4 heteroatoms. The summed E-state index contributed by atoms with van der Waals surface area (Å²) in [5.41, 5.74) is 0.688. The summed E-state index contributed by atoms with van der Waals surface area (Å²) < 4.78 is 54.8. The Morgan fingerprint density at radius 3 is 1.86 bits per heavy atom. The molecule has 0 spiro atoms. The summed E-state index contributed by atoms with van der Waals surface area (Å²) in [4.78, 5) is 0. The minimum absolute atomic E-state index is 0.163. The van der Waals surface area contributed by atoms with E-state index in [1.165, 1.54) is 30.3 Å². The second-order valence-corrected chi connectivity index (χ2v) is 5.12. The van der Waals surface area contributed by atoms with Crippen LogP contribution in [0.25, 0.3) is 21.9 Å². The molecule has 0 aliphatic carbocycles. The first-order valence-corrected chi connectivity index (χ1v) is 6.86. The number of benzene rings is 3. The normalized spacial score (nSPS) is 11.1. The Morgan fingerprint density at radius 1 is 0.682 bits per heavy atom. The first-order chi connectivity index (χ1) is 10.5. The van der Waals surface area contributed by atoms with Crippen LogP contribution in [0.5, 0.6) is 0 Å². The van der Waals surface area contributed by atoms with Crippen molar-refractivity contribution in [3.05, 3.63) is 71.3 Å². The summed E-state index contributed by atoms with van der Waals surface area (Å²) in [5, 5.41) is 0.850. The number of halogens is 4. The number of hydrogen-bond acceptors (Lipinski definition) is 0. The fourth-order valence-corrected chi connectivity index (χ4v) is 2.50. The first-order valence-electron chi connectivity index (χ1n) is 6.86. The van der Waals surface area contributed by atoms with Crippen molar-refractivity contribution >= 4 is 10.8 Å². The molecule has 0 radical (unpaired) electrons. The molecule has 0 amide bonds. The van der Waals surface area contributed by atoms with Crippen LogP contribution in [0.4, 0.5) is 17.6 Å². The summed E-state index contributed by atoms with van der Waals surface area (Å²) in [6.45, 7) is 1.81. The fraction of sp³-hybridized carbons (Fsp3) is 0.111. The predicted octanol–water partition coefficient (Wildman–Crippen LogP) is 5.63. The maximum absolute atomic E-state index is 14.2. The summed E-state index contributed by atoms with van der Waals surface area (Å²) >= 11 is 0. The van der Waals surface area contributed by atoms with Crippen LogP contribution in [-0.4, -0.2) is 0 Å². The molecule has 0 bridgehead atoms. The van der Waals surface area contributed by atoms with Crippen molar-refractivity contribution in [2.75, 3.05) is 0 Å². The average Bonchev–Trinajstić information content (AvgIpc) is 2.47. The van der Waals surface area contributed by atoms with E-state index in [-0.39, 0.29) is 11.1 Å². The van der Waals surface area contributed by atoms with E-state index in [1.807, 2.05) is 0 Å². The zero-order valence-corrected chi connectivity index (χ0v) is 11.8. The smallest absolute Gasteiger partial charge is 0.159 e. The van der Waals surface area contributed by atoms with Crippen molar-refractivity contribution < 1.29 is 17.6 Å². The van der Waals surface area contributed by atoms with Gasteiger partial charge < -0.3 is 0 Å². The molecule has 3 aromatic rings. The molecule has 3 aromatic carbocycles. The SMILES string of the molecule is CCc1cc(F)c(-c2ccc3cc(F)c(F)cc3c2)c(F)c1. The van der Waals surface area contributed by atoms with Crippen molar-refractivity contribution in [3.63, 3.8) is 0 Å². The summed E-state index contributed by atoms with van der Waals surface area (Å²) in [5.74, 6) is -3.28. The van der Waals surface area contributed by atoms with Crippen molar-refractivity contribution in [3.8, 4) is 11.1 Å². The molecular weight excluding hydrogens is 292 g/mol. The third-order valence-corrected chi connectivity index (χ3v) is 3.68. The lowest BCUT2D eigenvalue weighted by molar-refractivity contribution is 0.511. The molecule has 0 atom stereocenters. The number of rotatable bonds is 2. The van der Waals surface area contributed by atoms with Gasteiger partial charge in [-0.15, -0.1) is 0 Å². The van der Waals surface area contributed by atoms with Crippen LogP contribution in [0, 0.1) is 23.3 Å². The van der Waals surface area contributed by atoms with Gasteiger partial charge in [0.2, 0.25) is 0 Å². The molecule has 0 unspecified atom stereocenters. The van der Waals surface area contributed by atoms with Gasteiger partial charge >= 0.3 is 0 Å². The van der Waals surface area contributed by atoms with Crippen LogP contribution in [-0.2, 0) is 6.42 Å². The highest BCUT2D eigenvalue weighted by atomic mass is 19.2. The summed E-state index contributed by atoms with van der Waals surface area (Å²) in [7, 11) is 0. The van der Waals surface area contributed by atoms with Gasteiger partial charge in [-0.2, -0.15) is 0 Å². The molecule has 3 rings (SSSR count). The van der Waals surface area contributed by atoms with E-state index in [2.05, 4.69) is 0 Å². The molecule has 0 aliphatic rings. The van der Waals surface area contributed by atoms with Gasteiger partial charge in [-0.05, 0) is 58.7 Å². The molecule has 0 saturated carbocycles. The molecule has 0 saturated heterocycles. The number of fused-ring (bicyclic) bond motifs is 1. The summed E-state index contributed by atoms with van der Waals surface area (Å²) in [6.07, 6.45) is 0.524. The predicted molar refractivity (Wildman–Crippen MR) is 78.6 cm³/mol. The number of hydrogen-bond donors (Lipinski definition) is 0. The monoisotopic (exact) mass is 304 g/mol. The highest BCUT2D eigenvalue weighted by Crippen LogP contribution is 2.30. The van der Waals surface area contributed by atoms with Crippen LogP contribution in [0.3, 0.4) is 0 Å². The lowest BCUT2D eigenvalue weighted by atomic mass is 9.98. The number of aryl methyl sites for hydroxylation is 1. The Kier molecular flexibility index (Phi) is 3.61. The molecule has 112 valence electrons. The second kappa shape index (κ2) is 5.44. The van der Waals surface area contributed by atoms with Crippen LogP contribution < -0.4 is 0 Å². The second-order valence-electron chi connectivity index (χ2n) is 5.12. The van der Waals surface area contributed by atoms with E-state index in [4.69, 9.17) is 0 Å². The van der Waals surface area contributed by atoms with Gasteiger partial charge in [0.1, 0.15) is 11.6 Å². The van der Waals surface area contributed by atoms with Gasteiger partial charge in [0, 0.05) is 0 Å². The van der Waals surface area contributed by atoms with E-state index < -0.39 is 23.3 Å². The standard InChI is InChI=1S/C18H12F4/c1-2-10-5-16(21)18(17(22)6-10)12-4-3-11-8-14(19)15(20)9-13(11)7-12/h3-9H,2H2,1H3. The highest BCUT2D eigenvalue weighted by Gasteiger charge is 2.14. The van der Waals surface area contributed by atoms with Crippen molar-refractivity contribution in [2.24, 2.45) is 0 Å². The molecular formula is C18H12F4. The molecule has 0 aliphatic heterocycles. The Hall–Kier alpha value is -2.36. The van der Waals surface area contributed by atoms with Crippen LogP contribution in [0.15, 0.2) is 42.5 Å². The maximum atomic E-state index is 14.2. The molecule has 0 fully saturated rings. The van der Waals surface area contributed by atoms with E-state index in [1.54, 1.807) is 6.92 Å². The lowest BCUT2D eigenvalue weighted by Gasteiger charge is -2.09. The van der Waals surface area contributed by atoms with Crippen molar-refractivity contribution in [2.45, 2.75) is 13.3 Å². The van der Waals surface area contributed by atoms with Gasteiger partial charge in [-0.25, -0.2) is 17.6 Å². The van der Waals surface area contributed by atoms with Gasteiger partial charge in [-0.1, -0.05) is 19.1 Å². The lowest BCUT2D eigenvalue weighted by Crippen LogP contribution is -1.94. The Morgan fingerprint density at radius 2 is 1.27 bits per heavy atom. The molecule has 0 N–H and O–H groups in total. The average molecular weight is 304 g/mol. The molecule has 0 aromatic heterocycles. The third-order valence-electron chi connectivity index (χ3n) is 3.68. The van der Waals surface area contributed by atoms with Crippen LogP contribution in [0.1, 0.15) is 12.5 Å². The van der Waals surface area contributed by atoms with Crippen molar-refractivity contribution in [1.29, 1.82) is 0 Å². The van der Waals surface area contributed by atoms with Crippen molar-refractivity contribution in [1.82, 2.24) is 0 Å². The van der Waals surface area contributed by atoms with E-state index in [0.29, 0.717) is 22.8 Å². The quantitative estimate of drug-likeness (QED) is 0.539. The largest absolute Gasteiger partial charge is 0.206 e. The minimum atomic E-state index is -0.994.